The zero-order valence-corrected chi connectivity index (χ0v) is 20.5. The lowest BCUT2D eigenvalue weighted by molar-refractivity contribution is -0.145. The van der Waals surface area contributed by atoms with E-state index in [9.17, 15) is 9.59 Å². The lowest BCUT2D eigenvalue weighted by atomic mass is 10.0. The van der Waals surface area contributed by atoms with Gasteiger partial charge in [-0.15, -0.1) is 0 Å². The number of unbranched alkanes of at least 4 members (excludes halogenated alkanes) is 1. The van der Waals surface area contributed by atoms with Crippen LogP contribution < -0.4 is 15.4 Å². The number of amides is 1. The van der Waals surface area contributed by atoms with Gasteiger partial charge in [0.2, 0.25) is 0 Å². The molecule has 1 atom stereocenters. The first-order chi connectivity index (χ1) is 17.1. The molecular formula is C29H34N2O4. The summed E-state index contributed by atoms with van der Waals surface area (Å²) < 4.78 is 11.0. The average molecular weight is 475 g/mol. The van der Waals surface area contributed by atoms with Crippen molar-refractivity contribution in [1.29, 1.82) is 0 Å². The number of nitrogens with one attached hydrogen (secondary N) is 2. The van der Waals surface area contributed by atoms with E-state index in [1.807, 2.05) is 73.8 Å². The molecule has 2 N–H and O–H groups in total. The molecule has 0 aliphatic rings. The van der Waals surface area contributed by atoms with Crippen LogP contribution in [-0.4, -0.2) is 44.7 Å². The van der Waals surface area contributed by atoms with Crippen molar-refractivity contribution in [2.24, 2.45) is 0 Å². The van der Waals surface area contributed by atoms with Crippen LogP contribution in [0, 0.1) is 0 Å². The van der Waals surface area contributed by atoms with Gasteiger partial charge >= 0.3 is 5.97 Å². The topological polar surface area (TPSA) is 76.7 Å². The van der Waals surface area contributed by atoms with Crippen LogP contribution in [0.5, 0.6) is 5.75 Å². The molecule has 0 radical (unpaired) electrons. The Morgan fingerprint density at radius 3 is 2.14 bits per heavy atom. The van der Waals surface area contributed by atoms with Gasteiger partial charge in [0.15, 0.2) is 0 Å². The Labute approximate surface area is 207 Å². The quantitative estimate of drug-likeness (QED) is 0.279. The minimum Gasteiger partial charge on any atom is -0.494 e. The third kappa shape index (κ3) is 8.26. The lowest BCUT2D eigenvalue weighted by Gasteiger charge is -2.17. The maximum atomic E-state index is 12.9. The molecule has 0 heterocycles. The van der Waals surface area contributed by atoms with Gasteiger partial charge in [-0.2, -0.15) is 0 Å². The van der Waals surface area contributed by atoms with Crippen molar-refractivity contribution >= 4 is 11.9 Å². The summed E-state index contributed by atoms with van der Waals surface area (Å²) in [5.74, 6) is 0.0934. The monoisotopic (exact) mass is 474 g/mol. The summed E-state index contributed by atoms with van der Waals surface area (Å²) in [6, 6.07) is 24.1. The summed E-state index contributed by atoms with van der Waals surface area (Å²) in [4.78, 5) is 25.3. The smallest absolute Gasteiger partial charge is 0.328 e. The van der Waals surface area contributed by atoms with Crippen molar-refractivity contribution < 1.29 is 19.1 Å². The van der Waals surface area contributed by atoms with Crippen LogP contribution in [0.25, 0.3) is 11.1 Å². The summed E-state index contributed by atoms with van der Waals surface area (Å²) in [5, 5.41) is 5.96. The van der Waals surface area contributed by atoms with Gasteiger partial charge in [0.25, 0.3) is 5.91 Å². The van der Waals surface area contributed by atoms with Crippen LogP contribution >= 0.6 is 0 Å². The minimum absolute atomic E-state index is 0.259. The third-order valence-electron chi connectivity index (χ3n) is 5.58. The van der Waals surface area contributed by atoms with Crippen molar-refractivity contribution in [3.63, 3.8) is 0 Å². The van der Waals surface area contributed by atoms with Crippen LogP contribution in [0.4, 0.5) is 0 Å². The molecule has 0 aliphatic heterocycles. The molecule has 0 saturated carbocycles. The molecule has 6 heteroatoms. The Kier molecular flexibility index (Phi) is 10.3. The van der Waals surface area contributed by atoms with Crippen molar-refractivity contribution in [2.45, 2.75) is 32.2 Å². The van der Waals surface area contributed by atoms with E-state index in [0.29, 0.717) is 18.6 Å². The van der Waals surface area contributed by atoms with Crippen molar-refractivity contribution in [1.82, 2.24) is 10.6 Å². The van der Waals surface area contributed by atoms with Gasteiger partial charge in [-0.3, -0.25) is 4.79 Å². The van der Waals surface area contributed by atoms with Gasteiger partial charge < -0.3 is 20.1 Å². The molecule has 0 aromatic heterocycles. The highest BCUT2D eigenvalue weighted by Gasteiger charge is 2.23. The zero-order valence-electron chi connectivity index (χ0n) is 20.5. The van der Waals surface area contributed by atoms with E-state index in [-0.39, 0.29) is 12.5 Å². The standard InChI is InChI=1S/C29H34N2O4/c1-3-34-29(33)27(21-22-9-5-4-6-10-22)31-28(32)25-13-11-23(12-14-25)24-15-17-26(18-16-24)35-20-8-7-19-30-2/h4-6,9-18,27,30H,3,7-8,19-21H2,1-2H3,(H,31,32)/t27-/m1/s1. The van der Waals surface area contributed by atoms with E-state index in [2.05, 4.69) is 10.6 Å². The van der Waals surface area contributed by atoms with Gasteiger partial charge in [-0.1, -0.05) is 54.6 Å². The van der Waals surface area contributed by atoms with Crippen LogP contribution in [-0.2, 0) is 16.0 Å². The van der Waals surface area contributed by atoms with Crippen molar-refractivity contribution in [2.75, 3.05) is 26.8 Å². The molecule has 0 spiro atoms. The predicted molar refractivity (Wildman–Crippen MR) is 139 cm³/mol. The van der Waals surface area contributed by atoms with Crippen molar-refractivity contribution in [3.8, 4) is 16.9 Å². The van der Waals surface area contributed by atoms with E-state index < -0.39 is 12.0 Å². The third-order valence-corrected chi connectivity index (χ3v) is 5.58. The fourth-order valence-corrected chi connectivity index (χ4v) is 3.68. The summed E-state index contributed by atoms with van der Waals surface area (Å²) in [6.45, 7) is 3.70. The normalized spacial score (nSPS) is 11.5. The molecule has 1 amide bonds. The molecule has 0 aliphatic carbocycles. The second-order valence-corrected chi connectivity index (χ2v) is 8.23. The molecular weight excluding hydrogens is 440 g/mol. The molecule has 35 heavy (non-hydrogen) atoms. The van der Waals surface area contributed by atoms with Gasteiger partial charge in [0.05, 0.1) is 13.2 Å². The van der Waals surface area contributed by atoms with Crippen LogP contribution in [0.3, 0.4) is 0 Å². The SMILES string of the molecule is CCOC(=O)[C@@H](Cc1ccccc1)NC(=O)c1ccc(-c2ccc(OCCCCNC)cc2)cc1. The van der Waals surface area contributed by atoms with E-state index in [4.69, 9.17) is 9.47 Å². The summed E-state index contributed by atoms with van der Waals surface area (Å²) in [5.41, 5.74) is 3.46. The fraction of sp³-hybridized carbons (Fsp3) is 0.310. The zero-order chi connectivity index (χ0) is 24.9. The molecule has 6 nitrogen and oxygen atoms in total. The first kappa shape index (κ1) is 26.0. The molecule has 3 aromatic rings. The van der Waals surface area contributed by atoms with Crippen LogP contribution in [0.1, 0.15) is 35.7 Å². The predicted octanol–water partition coefficient (Wildman–Crippen LogP) is 4.64. The highest BCUT2D eigenvalue weighted by atomic mass is 16.5. The van der Waals surface area contributed by atoms with Crippen LogP contribution in [0.2, 0.25) is 0 Å². The molecule has 3 rings (SSSR count). The molecule has 3 aromatic carbocycles. The fourth-order valence-electron chi connectivity index (χ4n) is 3.68. The number of esters is 1. The highest BCUT2D eigenvalue weighted by Crippen LogP contribution is 2.23. The van der Waals surface area contributed by atoms with Crippen LogP contribution in [0.15, 0.2) is 78.9 Å². The summed E-state index contributed by atoms with van der Waals surface area (Å²) in [7, 11) is 1.95. The Balaban J connectivity index is 1.60. The Bertz CT molecular complexity index is 1050. The number of hydrogen-bond acceptors (Lipinski definition) is 5. The molecule has 184 valence electrons. The van der Waals surface area contributed by atoms with Gasteiger partial charge in [0, 0.05) is 12.0 Å². The van der Waals surface area contributed by atoms with Gasteiger partial charge in [-0.05, 0) is 74.3 Å². The molecule has 0 saturated heterocycles. The first-order valence-electron chi connectivity index (χ1n) is 12.1. The van der Waals surface area contributed by atoms with Gasteiger partial charge in [-0.25, -0.2) is 4.79 Å². The second-order valence-electron chi connectivity index (χ2n) is 8.23. The number of benzene rings is 3. The minimum atomic E-state index is -0.754. The number of ether oxygens (including phenoxy) is 2. The average Bonchev–Trinajstić information content (AvgIpc) is 2.89. The second kappa shape index (κ2) is 13.9. The summed E-state index contributed by atoms with van der Waals surface area (Å²) in [6.07, 6.45) is 2.46. The largest absolute Gasteiger partial charge is 0.494 e. The Morgan fingerprint density at radius 2 is 1.51 bits per heavy atom. The number of rotatable bonds is 13. The molecule has 0 unspecified atom stereocenters. The molecule has 0 fully saturated rings. The number of hydrogen-bond donors (Lipinski definition) is 2. The van der Waals surface area contributed by atoms with E-state index in [1.165, 1.54) is 0 Å². The van der Waals surface area contributed by atoms with E-state index in [0.717, 1.165) is 41.8 Å². The van der Waals surface area contributed by atoms with Crippen molar-refractivity contribution in [3.05, 3.63) is 90.0 Å². The highest BCUT2D eigenvalue weighted by molar-refractivity contribution is 5.97. The Morgan fingerprint density at radius 1 is 0.857 bits per heavy atom. The molecule has 0 bridgehead atoms. The first-order valence-corrected chi connectivity index (χ1v) is 12.1. The maximum absolute atomic E-state index is 12.9. The maximum Gasteiger partial charge on any atom is 0.328 e. The van der Waals surface area contributed by atoms with Gasteiger partial charge in [0.1, 0.15) is 11.8 Å². The lowest BCUT2D eigenvalue weighted by Crippen LogP contribution is -2.43. The van der Waals surface area contributed by atoms with E-state index >= 15 is 0 Å². The van der Waals surface area contributed by atoms with E-state index in [1.54, 1.807) is 19.1 Å². The number of carbonyl (C=O) groups excluding carboxylic acids is 2. The Hall–Kier alpha value is -3.64. The summed E-state index contributed by atoms with van der Waals surface area (Å²) >= 11 is 0. The number of carbonyl (C=O) groups is 2.